The molecule has 0 atom stereocenters. The van der Waals surface area contributed by atoms with E-state index >= 15 is 0 Å². The molecule has 0 aliphatic carbocycles. The molecule has 0 unspecified atom stereocenters. The van der Waals surface area contributed by atoms with Gasteiger partial charge in [0.25, 0.3) is 11.6 Å². The maximum Gasteiger partial charge on any atom is 0.270 e. The maximum absolute atomic E-state index is 12.6. The molecule has 2 N–H and O–H groups in total. The van der Waals surface area contributed by atoms with Gasteiger partial charge in [0.15, 0.2) is 0 Å². The molecule has 0 radical (unpaired) electrons. The monoisotopic (exact) mass is 484 g/mol. The lowest BCUT2D eigenvalue weighted by Crippen LogP contribution is -2.35. The Morgan fingerprint density at radius 2 is 1.66 bits per heavy atom. The fraction of sp³-hybridized carbons (Fsp3) is 0.316. The van der Waals surface area contributed by atoms with E-state index in [4.69, 9.17) is 0 Å². The Hall–Kier alpha value is -2.87. The molecule has 1 amide bonds. The predicted molar refractivity (Wildman–Crippen MR) is 117 cm³/mol. The summed E-state index contributed by atoms with van der Waals surface area (Å²) in [4.78, 5) is 22.2. The smallest absolute Gasteiger partial charge is 0.270 e. The van der Waals surface area contributed by atoms with Crippen LogP contribution in [-0.2, 0) is 20.0 Å². The average molecular weight is 485 g/mol. The summed E-state index contributed by atoms with van der Waals surface area (Å²) in [5, 5.41) is 13.3. The van der Waals surface area contributed by atoms with Crippen molar-refractivity contribution < 1.29 is 26.6 Å². The van der Waals surface area contributed by atoms with Crippen LogP contribution in [0.25, 0.3) is 0 Å². The summed E-state index contributed by atoms with van der Waals surface area (Å²) in [6.07, 6.45) is 0. The van der Waals surface area contributed by atoms with Crippen LogP contribution in [0.15, 0.2) is 58.3 Å². The molecule has 11 nitrogen and oxygen atoms in total. The number of nitrogens with one attached hydrogen (secondary N) is 2. The highest BCUT2D eigenvalue weighted by Gasteiger charge is 2.24. The lowest BCUT2D eigenvalue weighted by atomic mass is 10.2. The Morgan fingerprint density at radius 3 is 2.28 bits per heavy atom. The lowest BCUT2D eigenvalue weighted by Gasteiger charge is -2.21. The van der Waals surface area contributed by atoms with Crippen LogP contribution < -0.4 is 10.0 Å². The van der Waals surface area contributed by atoms with Crippen LogP contribution in [0.4, 0.5) is 5.69 Å². The van der Waals surface area contributed by atoms with Gasteiger partial charge >= 0.3 is 0 Å². The van der Waals surface area contributed by atoms with E-state index in [-0.39, 0.29) is 40.2 Å². The minimum atomic E-state index is -4.01. The molecule has 0 aliphatic rings. The molecule has 2 rings (SSSR count). The Kier molecular flexibility index (Phi) is 8.07. The third-order valence-electron chi connectivity index (χ3n) is 4.54. The van der Waals surface area contributed by atoms with Crippen LogP contribution in [0.2, 0.25) is 0 Å². The fourth-order valence-corrected chi connectivity index (χ4v) is 5.04. The van der Waals surface area contributed by atoms with E-state index in [1.165, 1.54) is 53.8 Å². The van der Waals surface area contributed by atoms with Crippen molar-refractivity contribution >= 4 is 31.6 Å². The van der Waals surface area contributed by atoms with E-state index in [2.05, 4.69) is 10.0 Å². The molecular weight excluding hydrogens is 460 g/mol. The van der Waals surface area contributed by atoms with Crippen molar-refractivity contribution in [3.05, 3.63) is 64.2 Å². The number of hydrogen-bond donors (Lipinski definition) is 2. The molecule has 0 aromatic heterocycles. The largest absolute Gasteiger partial charge is 0.351 e. The summed E-state index contributed by atoms with van der Waals surface area (Å²) < 4.78 is 53.2. The van der Waals surface area contributed by atoms with Gasteiger partial charge in [-0.05, 0) is 38.1 Å². The van der Waals surface area contributed by atoms with Gasteiger partial charge in [0.05, 0.1) is 14.7 Å². The number of sulfonamides is 2. The first-order valence-electron chi connectivity index (χ1n) is 9.46. The molecule has 32 heavy (non-hydrogen) atoms. The van der Waals surface area contributed by atoms with Crippen LogP contribution in [0.1, 0.15) is 24.2 Å². The number of carbonyl (C=O) groups excluding carboxylic acids is 1. The zero-order valence-electron chi connectivity index (χ0n) is 17.7. The highest BCUT2D eigenvalue weighted by atomic mass is 32.2. The number of nitro groups is 1. The Balaban J connectivity index is 2.01. The Bertz CT molecular complexity index is 1210. The van der Waals surface area contributed by atoms with Crippen LogP contribution in [0.3, 0.4) is 0 Å². The summed E-state index contributed by atoms with van der Waals surface area (Å²) in [5.74, 6) is -0.580. The van der Waals surface area contributed by atoms with Crippen molar-refractivity contribution in [3.63, 3.8) is 0 Å². The van der Waals surface area contributed by atoms with Gasteiger partial charge < -0.3 is 5.32 Å². The van der Waals surface area contributed by atoms with Gasteiger partial charge in [-0.2, -0.15) is 4.31 Å². The second-order valence-electron chi connectivity index (χ2n) is 7.05. The molecule has 0 heterocycles. The first kappa shape index (κ1) is 25.4. The van der Waals surface area contributed by atoms with E-state index in [1.54, 1.807) is 13.8 Å². The average Bonchev–Trinajstić information content (AvgIpc) is 2.76. The number of amides is 1. The molecule has 13 heteroatoms. The molecule has 2 aromatic rings. The second-order valence-corrected chi connectivity index (χ2v) is 10.8. The number of nitrogens with zero attached hydrogens (tertiary/aromatic N) is 2. The van der Waals surface area contributed by atoms with E-state index in [0.29, 0.717) is 0 Å². The van der Waals surface area contributed by atoms with Crippen LogP contribution in [-0.4, -0.2) is 58.2 Å². The molecule has 0 bridgehead atoms. The maximum atomic E-state index is 12.6. The quantitative estimate of drug-likeness (QED) is 0.293. The van der Waals surface area contributed by atoms with Crippen molar-refractivity contribution in [1.82, 2.24) is 14.3 Å². The normalized spacial score (nSPS) is 12.2. The first-order chi connectivity index (χ1) is 14.9. The number of hydrogen-bond acceptors (Lipinski definition) is 7. The van der Waals surface area contributed by atoms with Gasteiger partial charge in [0, 0.05) is 43.9 Å². The third-order valence-corrected chi connectivity index (χ3v) is 8.03. The van der Waals surface area contributed by atoms with E-state index in [1.807, 2.05) is 0 Å². The first-order valence-corrected chi connectivity index (χ1v) is 12.4. The highest BCUT2D eigenvalue weighted by molar-refractivity contribution is 7.89. The van der Waals surface area contributed by atoms with Gasteiger partial charge in [0.2, 0.25) is 20.0 Å². The Morgan fingerprint density at radius 1 is 1.03 bits per heavy atom. The molecular formula is C19H24N4O7S2. The standard InChI is InChI=1S/C19H24N4O7S2/c1-14(2)22(3)32(29,30)18-9-4-6-15(12-18)19(24)20-10-11-21-31(27,28)17-8-5-7-16(13-17)23(25)26/h4-9,12-14,21H,10-11H2,1-3H3,(H,20,24). The molecule has 0 saturated carbocycles. The van der Waals surface area contributed by atoms with E-state index in [9.17, 15) is 31.7 Å². The number of non-ortho nitro benzene ring substituents is 1. The van der Waals surface area contributed by atoms with Crippen LogP contribution in [0.5, 0.6) is 0 Å². The van der Waals surface area contributed by atoms with Gasteiger partial charge in [-0.3, -0.25) is 14.9 Å². The minimum Gasteiger partial charge on any atom is -0.351 e. The summed E-state index contributed by atoms with van der Waals surface area (Å²) in [5.41, 5.74) is -0.260. The number of nitro benzene ring substituents is 1. The molecule has 0 saturated heterocycles. The SMILES string of the molecule is CC(C)N(C)S(=O)(=O)c1cccc(C(=O)NCCNS(=O)(=O)c2cccc([N+](=O)[O-])c2)c1. The van der Waals surface area contributed by atoms with Crippen molar-refractivity contribution in [2.24, 2.45) is 0 Å². The van der Waals surface area contributed by atoms with Crippen molar-refractivity contribution in [1.29, 1.82) is 0 Å². The van der Waals surface area contributed by atoms with Crippen LogP contribution in [0, 0.1) is 10.1 Å². The van der Waals surface area contributed by atoms with E-state index < -0.39 is 30.9 Å². The summed E-state index contributed by atoms with van der Waals surface area (Å²) in [6, 6.07) is 9.83. The van der Waals surface area contributed by atoms with Gasteiger partial charge in [-0.15, -0.1) is 0 Å². The summed E-state index contributed by atoms with van der Waals surface area (Å²) in [6.45, 7) is 3.19. The highest BCUT2D eigenvalue weighted by Crippen LogP contribution is 2.18. The second kappa shape index (κ2) is 10.2. The number of rotatable bonds is 10. The lowest BCUT2D eigenvalue weighted by molar-refractivity contribution is -0.385. The van der Waals surface area contributed by atoms with Crippen molar-refractivity contribution in [2.45, 2.75) is 29.7 Å². The predicted octanol–water partition coefficient (Wildman–Crippen LogP) is 1.33. The number of benzene rings is 2. The van der Waals surface area contributed by atoms with Gasteiger partial charge in [-0.25, -0.2) is 21.6 Å². The zero-order chi connectivity index (χ0) is 24.1. The van der Waals surface area contributed by atoms with Crippen molar-refractivity contribution in [2.75, 3.05) is 20.1 Å². The summed E-state index contributed by atoms with van der Waals surface area (Å²) in [7, 11) is -6.33. The molecule has 0 aliphatic heterocycles. The minimum absolute atomic E-state index is 0.0345. The van der Waals surface area contributed by atoms with Gasteiger partial charge in [0.1, 0.15) is 0 Å². The molecule has 174 valence electrons. The third kappa shape index (κ3) is 6.09. The topological polar surface area (TPSA) is 156 Å². The fourth-order valence-electron chi connectivity index (χ4n) is 2.55. The zero-order valence-corrected chi connectivity index (χ0v) is 19.3. The molecule has 0 fully saturated rings. The molecule has 2 aromatic carbocycles. The van der Waals surface area contributed by atoms with Crippen molar-refractivity contribution in [3.8, 4) is 0 Å². The number of carbonyl (C=O) groups is 1. The Labute approximate surface area is 186 Å². The van der Waals surface area contributed by atoms with Crippen LogP contribution >= 0.6 is 0 Å². The van der Waals surface area contributed by atoms with Gasteiger partial charge in [-0.1, -0.05) is 12.1 Å². The summed E-state index contributed by atoms with van der Waals surface area (Å²) >= 11 is 0. The molecule has 0 spiro atoms. The van der Waals surface area contributed by atoms with E-state index in [0.717, 1.165) is 6.07 Å².